The summed E-state index contributed by atoms with van der Waals surface area (Å²) < 4.78 is 5.23. The Kier molecular flexibility index (Phi) is 3.60. The number of methoxy groups -OCH3 is 1. The normalized spacial score (nSPS) is 15.3. The number of rotatable bonds is 4. The van der Waals surface area contributed by atoms with Crippen LogP contribution in [-0.4, -0.2) is 19.1 Å². The first kappa shape index (κ1) is 13.6. The van der Waals surface area contributed by atoms with Gasteiger partial charge in [0.05, 0.1) is 12.8 Å². The van der Waals surface area contributed by atoms with Crippen molar-refractivity contribution < 1.29 is 14.3 Å². The number of ether oxygens (including phenoxy) is 1. The van der Waals surface area contributed by atoms with Crippen LogP contribution in [-0.2, 0) is 15.1 Å². The smallest absolute Gasteiger partial charge is 0.235 e. The van der Waals surface area contributed by atoms with Crippen LogP contribution in [0.25, 0.3) is 0 Å². The summed E-state index contributed by atoms with van der Waals surface area (Å²) in [6.45, 7) is 1.40. The topological polar surface area (TPSA) is 67.8 Å². The molecule has 1 fully saturated rings. The molecule has 0 aliphatic heterocycles. The number of anilines is 1. The van der Waals surface area contributed by atoms with Crippen molar-refractivity contribution in [1.82, 2.24) is 0 Å². The SMILES string of the molecule is COc1ccc(Cl)c(C2(N=C=O)CC2)c1NC(C)=O. The Bertz CT molecular complexity index is 575. The van der Waals surface area contributed by atoms with Crippen molar-refractivity contribution in [2.75, 3.05) is 12.4 Å². The largest absolute Gasteiger partial charge is 0.495 e. The molecule has 1 amide bonds. The van der Waals surface area contributed by atoms with Crippen molar-refractivity contribution in [3.05, 3.63) is 22.7 Å². The number of hydrogen-bond acceptors (Lipinski definition) is 4. The average molecular weight is 281 g/mol. The molecule has 0 radical (unpaired) electrons. The lowest BCUT2D eigenvalue weighted by Gasteiger charge is -2.19. The molecule has 0 bridgehead atoms. The molecule has 0 saturated heterocycles. The Hall–Kier alpha value is -1.84. The Morgan fingerprint density at radius 2 is 2.21 bits per heavy atom. The van der Waals surface area contributed by atoms with E-state index in [9.17, 15) is 9.59 Å². The van der Waals surface area contributed by atoms with E-state index in [0.717, 1.165) is 0 Å². The van der Waals surface area contributed by atoms with Crippen LogP contribution >= 0.6 is 11.6 Å². The Balaban J connectivity index is 2.63. The zero-order valence-electron chi connectivity index (χ0n) is 10.6. The number of carbonyl (C=O) groups excluding carboxylic acids is 2. The molecule has 1 aliphatic rings. The molecule has 5 nitrogen and oxygen atoms in total. The summed E-state index contributed by atoms with van der Waals surface area (Å²) in [6, 6.07) is 3.33. The van der Waals surface area contributed by atoms with Gasteiger partial charge in [0.15, 0.2) is 0 Å². The number of nitrogens with one attached hydrogen (secondary N) is 1. The summed E-state index contributed by atoms with van der Waals surface area (Å²) in [7, 11) is 1.50. The minimum Gasteiger partial charge on any atom is -0.495 e. The van der Waals surface area contributed by atoms with Gasteiger partial charge in [-0.25, -0.2) is 4.79 Å². The quantitative estimate of drug-likeness (QED) is 0.681. The molecule has 0 heterocycles. The van der Waals surface area contributed by atoms with Gasteiger partial charge in [-0.2, -0.15) is 4.99 Å². The predicted octanol–water partition coefficient (Wildman–Crippen LogP) is 2.63. The van der Waals surface area contributed by atoms with Gasteiger partial charge in [0.2, 0.25) is 12.0 Å². The van der Waals surface area contributed by atoms with Gasteiger partial charge in [-0.15, -0.1) is 0 Å². The van der Waals surface area contributed by atoms with Crippen molar-refractivity contribution in [2.24, 2.45) is 4.99 Å². The first-order valence-corrected chi connectivity index (χ1v) is 6.15. The molecule has 19 heavy (non-hydrogen) atoms. The molecule has 100 valence electrons. The molecular weight excluding hydrogens is 268 g/mol. The van der Waals surface area contributed by atoms with Gasteiger partial charge in [0.1, 0.15) is 11.3 Å². The second-order valence-corrected chi connectivity index (χ2v) is 4.82. The summed E-state index contributed by atoms with van der Waals surface area (Å²) in [5.74, 6) is 0.245. The van der Waals surface area contributed by atoms with Crippen molar-refractivity contribution in [3.8, 4) is 5.75 Å². The first-order chi connectivity index (χ1) is 9.04. The number of carbonyl (C=O) groups is 1. The highest BCUT2D eigenvalue weighted by Crippen LogP contribution is 2.55. The summed E-state index contributed by atoms with van der Waals surface area (Å²) in [5, 5.41) is 3.15. The molecular formula is C13H13ClN2O3. The average Bonchev–Trinajstić information content (AvgIpc) is 3.10. The van der Waals surface area contributed by atoms with Crippen LogP contribution in [0.15, 0.2) is 17.1 Å². The van der Waals surface area contributed by atoms with Gasteiger partial charge in [0, 0.05) is 17.5 Å². The van der Waals surface area contributed by atoms with Crippen LogP contribution < -0.4 is 10.1 Å². The lowest BCUT2D eigenvalue weighted by Crippen LogP contribution is -2.14. The van der Waals surface area contributed by atoms with Gasteiger partial charge in [0.25, 0.3) is 0 Å². The molecule has 1 aromatic rings. The van der Waals surface area contributed by atoms with E-state index in [2.05, 4.69) is 10.3 Å². The lowest BCUT2D eigenvalue weighted by atomic mass is 10.0. The Labute approximate surface area is 115 Å². The molecule has 1 aliphatic carbocycles. The number of aliphatic imine (C=N–C) groups is 1. The summed E-state index contributed by atoms with van der Waals surface area (Å²) in [6.07, 6.45) is 2.97. The molecule has 2 rings (SSSR count). The first-order valence-electron chi connectivity index (χ1n) is 5.77. The van der Waals surface area contributed by atoms with Crippen LogP contribution in [0.5, 0.6) is 5.75 Å². The number of nitrogens with zero attached hydrogens (tertiary/aromatic N) is 1. The minimum atomic E-state index is -0.675. The summed E-state index contributed by atoms with van der Waals surface area (Å²) in [4.78, 5) is 25.8. The van der Waals surface area contributed by atoms with E-state index in [0.29, 0.717) is 34.9 Å². The number of amides is 1. The van der Waals surface area contributed by atoms with Gasteiger partial charge >= 0.3 is 0 Å². The standard InChI is InChI=1S/C13H13ClN2O3/c1-8(18)16-12-10(19-2)4-3-9(14)11(12)13(5-6-13)15-7-17/h3-4H,5-6H2,1-2H3,(H,16,18). The summed E-state index contributed by atoms with van der Waals surface area (Å²) in [5.41, 5.74) is 0.414. The Morgan fingerprint density at radius 1 is 1.53 bits per heavy atom. The molecule has 6 heteroatoms. The van der Waals surface area contributed by atoms with Crippen LogP contribution in [0.4, 0.5) is 5.69 Å². The molecule has 1 aromatic carbocycles. The highest BCUT2D eigenvalue weighted by molar-refractivity contribution is 6.32. The van der Waals surface area contributed by atoms with E-state index in [1.54, 1.807) is 18.2 Å². The van der Waals surface area contributed by atoms with E-state index >= 15 is 0 Å². The molecule has 1 N–H and O–H groups in total. The third kappa shape index (κ3) is 2.48. The fraction of sp³-hybridized carbons (Fsp3) is 0.385. The maximum absolute atomic E-state index is 11.3. The van der Waals surface area contributed by atoms with Crippen molar-refractivity contribution in [1.29, 1.82) is 0 Å². The monoisotopic (exact) mass is 280 g/mol. The zero-order chi connectivity index (χ0) is 14.0. The van der Waals surface area contributed by atoms with Crippen molar-refractivity contribution in [2.45, 2.75) is 25.3 Å². The third-order valence-electron chi connectivity index (χ3n) is 3.09. The summed E-state index contributed by atoms with van der Waals surface area (Å²) >= 11 is 6.21. The van der Waals surface area contributed by atoms with Crippen LogP contribution in [0.2, 0.25) is 5.02 Å². The van der Waals surface area contributed by atoms with E-state index in [4.69, 9.17) is 16.3 Å². The molecule has 0 atom stereocenters. The fourth-order valence-corrected chi connectivity index (χ4v) is 2.44. The predicted molar refractivity (Wildman–Crippen MR) is 71.3 cm³/mol. The number of halogens is 1. The maximum atomic E-state index is 11.3. The van der Waals surface area contributed by atoms with E-state index in [-0.39, 0.29) is 5.91 Å². The van der Waals surface area contributed by atoms with E-state index in [1.807, 2.05) is 0 Å². The molecule has 1 saturated carbocycles. The zero-order valence-corrected chi connectivity index (χ0v) is 11.4. The second-order valence-electron chi connectivity index (χ2n) is 4.42. The highest BCUT2D eigenvalue weighted by atomic mass is 35.5. The number of isocyanates is 1. The highest BCUT2D eigenvalue weighted by Gasteiger charge is 2.48. The van der Waals surface area contributed by atoms with Crippen molar-refractivity contribution >= 4 is 29.3 Å². The lowest BCUT2D eigenvalue weighted by molar-refractivity contribution is -0.114. The van der Waals surface area contributed by atoms with Gasteiger partial charge in [-0.05, 0) is 25.0 Å². The van der Waals surface area contributed by atoms with Gasteiger partial charge < -0.3 is 10.1 Å². The molecule has 0 spiro atoms. The second kappa shape index (κ2) is 5.03. The molecule has 0 unspecified atom stereocenters. The third-order valence-corrected chi connectivity index (χ3v) is 3.40. The van der Waals surface area contributed by atoms with E-state index < -0.39 is 5.54 Å². The number of benzene rings is 1. The van der Waals surface area contributed by atoms with Crippen LogP contribution in [0.3, 0.4) is 0 Å². The van der Waals surface area contributed by atoms with Crippen LogP contribution in [0, 0.1) is 0 Å². The molecule has 0 aromatic heterocycles. The van der Waals surface area contributed by atoms with E-state index in [1.165, 1.54) is 14.0 Å². The van der Waals surface area contributed by atoms with Gasteiger partial charge in [-0.1, -0.05) is 11.6 Å². The number of hydrogen-bond donors (Lipinski definition) is 1. The minimum absolute atomic E-state index is 0.243. The maximum Gasteiger partial charge on any atom is 0.235 e. The van der Waals surface area contributed by atoms with Crippen molar-refractivity contribution in [3.63, 3.8) is 0 Å². The van der Waals surface area contributed by atoms with Crippen LogP contribution in [0.1, 0.15) is 25.3 Å². The fourth-order valence-electron chi connectivity index (χ4n) is 2.11. The van der Waals surface area contributed by atoms with Gasteiger partial charge in [-0.3, -0.25) is 4.79 Å². The Morgan fingerprint density at radius 3 is 2.68 bits per heavy atom.